The van der Waals surface area contributed by atoms with E-state index in [2.05, 4.69) is 5.32 Å². The van der Waals surface area contributed by atoms with Gasteiger partial charge in [-0.15, -0.1) is 0 Å². The van der Waals surface area contributed by atoms with E-state index in [4.69, 9.17) is 14.2 Å². The monoisotopic (exact) mass is 474 g/mol. The van der Waals surface area contributed by atoms with Gasteiger partial charge in [-0.25, -0.2) is 0 Å². The first-order valence-corrected chi connectivity index (χ1v) is 11.8. The number of benzene rings is 3. The molecule has 0 bridgehead atoms. The lowest BCUT2D eigenvalue weighted by atomic mass is 10.0. The first kappa shape index (κ1) is 24.1. The second kappa shape index (κ2) is 11.0. The number of nitrogens with one attached hydrogen (secondary N) is 1. The van der Waals surface area contributed by atoms with E-state index in [1.54, 1.807) is 24.1 Å². The van der Waals surface area contributed by atoms with E-state index in [0.717, 1.165) is 16.9 Å². The summed E-state index contributed by atoms with van der Waals surface area (Å²) >= 11 is 0. The first-order chi connectivity index (χ1) is 17.0. The molecule has 7 nitrogen and oxygen atoms in total. The number of hydrogen-bond donors (Lipinski definition) is 1. The van der Waals surface area contributed by atoms with Gasteiger partial charge in [-0.1, -0.05) is 24.3 Å². The number of carbonyl (C=O) groups excluding carboxylic acids is 2. The summed E-state index contributed by atoms with van der Waals surface area (Å²) in [5, 5.41) is 2.94. The molecule has 3 aromatic rings. The molecule has 0 aromatic heterocycles. The number of ether oxygens (including phenoxy) is 3. The third-order valence-electron chi connectivity index (χ3n) is 5.93. The Balaban J connectivity index is 1.61. The third-order valence-corrected chi connectivity index (χ3v) is 5.93. The number of methoxy groups -OCH3 is 1. The van der Waals surface area contributed by atoms with Crippen molar-refractivity contribution < 1.29 is 23.8 Å². The zero-order chi connectivity index (χ0) is 24.8. The fourth-order valence-electron chi connectivity index (χ4n) is 4.29. The van der Waals surface area contributed by atoms with E-state index < -0.39 is 6.04 Å². The maximum absolute atomic E-state index is 13.3. The van der Waals surface area contributed by atoms with Crippen molar-refractivity contribution in [2.24, 2.45) is 0 Å². The van der Waals surface area contributed by atoms with Crippen LogP contribution in [-0.4, -0.2) is 37.0 Å². The van der Waals surface area contributed by atoms with Crippen molar-refractivity contribution in [3.05, 3.63) is 83.4 Å². The van der Waals surface area contributed by atoms with Crippen LogP contribution in [0.4, 0.5) is 5.69 Å². The molecular weight excluding hydrogens is 444 g/mol. The smallest absolute Gasteiger partial charge is 0.255 e. The van der Waals surface area contributed by atoms with Gasteiger partial charge in [0.05, 0.1) is 32.8 Å². The van der Waals surface area contributed by atoms with Crippen LogP contribution in [0.25, 0.3) is 0 Å². The number of fused-ring (bicyclic) bond motifs is 1. The normalized spacial score (nSPS) is 13.2. The number of anilines is 1. The molecule has 1 unspecified atom stereocenters. The van der Waals surface area contributed by atoms with Gasteiger partial charge < -0.3 is 24.4 Å². The molecule has 0 fully saturated rings. The van der Waals surface area contributed by atoms with Crippen molar-refractivity contribution in [3.8, 4) is 17.2 Å². The van der Waals surface area contributed by atoms with Gasteiger partial charge in [0.1, 0.15) is 5.75 Å². The minimum absolute atomic E-state index is 0.0874. The molecule has 182 valence electrons. The number of rotatable bonds is 10. The Labute approximate surface area is 205 Å². The average molecular weight is 475 g/mol. The van der Waals surface area contributed by atoms with Crippen LogP contribution in [0.3, 0.4) is 0 Å². The molecule has 2 amide bonds. The molecule has 1 atom stereocenters. The van der Waals surface area contributed by atoms with Crippen LogP contribution >= 0.6 is 0 Å². The Hall–Kier alpha value is -4.00. The second-order valence-corrected chi connectivity index (χ2v) is 8.16. The average Bonchev–Trinajstić information content (AvgIpc) is 3.20. The molecule has 1 aliphatic rings. The summed E-state index contributed by atoms with van der Waals surface area (Å²) in [4.78, 5) is 28.2. The fraction of sp³-hybridized carbons (Fsp3) is 0.286. The molecule has 7 heteroatoms. The maximum atomic E-state index is 13.3. The summed E-state index contributed by atoms with van der Waals surface area (Å²) in [6, 6.07) is 19.8. The zero-order valence-corrected chi connectivity index (χ0v) is 20.2. The Morgan fingerprint density at radius 3 is 2.40 bits per heavy atom. The Morgan fingerprint density at radius 2 is 1.71 bits per heavy atom. The van der Waals surface area contributed by atoms with E-state index in [1.807, 2.05) is 68.4 Å². The highest BCUT2D eigenvalue weighted by molar-refractivity contribution is 5.99. The summed E-state index contributed by atoms with van der Waals surface area (Å²) < 4.78 is 16.7. The van der Waals surface area contributed by atoms with Crippen LogP contribution in [0.1, 0.15) is 47.8 Å². The molecule has 0 aliphatic carbocycles. The lowest BCUT2D eigenvalue weighted by Gasteiger charge is -2.28. The van der Waals surface area contributed by atoms with Gasteiger partial charge in [0.2, 0.25) is 5.91 Å². The van der Waals surface area contributed by atoms with E-state index >= 15 is 0 Å². The van der Waals surface area contributed by atoms with Crippen LogP contribution in [0.2, 0.25) is 0 Å². The lowest BCUT2D eigenvalue weighted by Crippen LogP contribution is -2.32. The molecule has 4 rings (SSSR count). The predicted octanol–water partition coefficient (Wildman–Crippen LogP) is 5.22. The summed E-state index contributed by atoms with van der Waals surface area (Å²) in [5.41, 5.74) is 3.08. The molecule has 35 heavy (non-hydrogen) atoms. The van der Waals surface area contributed by atoms with Gasteiger partial charge in [0.25, 0.3) is 5.91 Å². The van der Waals surface area contributed by atoms with E-state index in [1.165, 1.54) is 0 Å². The van der Waals surface area contributed by atoms with Crippen molar-refractivity contribution >= 4 is 17.5 Å². The number of nitrogens with zero attached hydrogens (tertiary/aromatic N) is 1. The minimum atomic E-state index is -0.484. The molecule has 0 radical (unpaired) electrons. The lowest BCUT2D eigenvalue weighted by molar-refractivity contribution is -0.117. The van der Waals surface area contributed by atoms with Gasteiger partial charge in [0.15, 0.2) is 11.5 Å². The van der Waals surface area contributed by atoms with Crippen molar-refractivity contribution in [1.29, 1.82) is 0 Å². The summed E-state index contributed by atoms with van der Waals surface area (Å²) in [7, 11) is 1.58. The second-order valence-electron chi connectivity index (χ2n) is 8.16. The van der Waals surface area contributed by atoms with Gasteiger partial charge in [-0.3, -0.25) is 9.59 Å². The van der Waals surface area contributed by atoms with E-state index in [9.17, 15) is 9.59 Å². The number of carbonyl (C=O) groups is 2. The van der Waals surface area contributed by atoms with Crippen LogP contribution < -0.4 is 19.5 Å². The van der Waals surface area contributed by atoms with Crippen LogP contribution in [0, 0.1) is 0 Å². The molecule has 1 N–H and O–H groups in total. The quantitative estimate of drug-likeness (QED) is 0.436. The zero-order valence-electron chi connectivity index (χ0n) is 20.2. The molecule has 3 aromatic carbocycles. The highest BCUT2D eigenvalue weighted by Crippen LogP contribution is 2.37. The van der Waals surface area contributed by atoms with Gasteiger partial charge in [-0.05, 0) is 67.4 Å². The number of amides is 2. The Bertz CT molecular complexity index is 1190. The fourth-order valence-corrected chi connectivity index (χ4v) is 4.29. The summed E-state index contributed by atoms with van der Waals surface area (Å²) in [5.74, 6) is 1.63. The number of hydrogen-bond acceptors (Lipinski definition) is 5. The van der Waals surface area contributed by atoms with Gasteiger partial charge >= 0.3 is 0 Å². The van der Waals surface area contributed by atoms with Crippen molar-refractivity contribution in [2.45, 2.75) is 32.9 Å². The van der Waals surface area contributed by atoms with Crippen molar-refractivity contribution in [2.75, 3.05) is 25.6 Å². The standard InChI is InChI=1S/C28H30N2O5/c1-4-34-22-13-11-21(12-14-22)29-27(31)17-24(19-10-15-25(35-5-2)26(16-19)33-3)30-18-20-8-6-7-9-23(20)28(30)32/h6-16,24H,4-5,17-18H2,1-3H3,(H,29,31). The molecule has 1 aliphatic heterocycles. The van der Waals surface area contributed by atoms with Crippen LogP contribution in [0.15, 0.2) is 66.7 Å². The predicted molar refractivity (Wildman–Crippen MR) is 134 cm³/mol. The molecule has 0 spiro atoms. The van der Waals surface area contributed by atoms with Gasteiger partial charge in [0, 0.05) is 17.8 Å². The van der Waals surface area contributed by atoms with E-state index in [0.29, 0.717) is 42.5 Å². The van der Waals surface area contributed by atoms with Crippen molar-refractivity contribution in [3.63, 3.8) is 0 Å². The topological polar surface area (TPSA) is 77.1 Å². The first-order valence-electron chi connectivity index (χ1n) is 11.8. The third kappa shape index (κ3) is 5.40. The highest BCUT2D eigenvalue weighted by Gasteiger charge is 2.34. The Kier molecular flexibility index (Phi) is 7.55. The minimum Gasteiger partial charge on any atom is -0.494 e. The molecule has 1 heterocycles. The maximum Gasteiger partial charge on any atom is 0.255 e. The van der Waals surface area contributed by atoms with Crippen LogP contribution in [0.5, 0.6) is 17.2 Å². The summed E-state index contributed by atoms with van der Waals surface area (Å²) in [6.07, 6.45) is 0.0874. The molecule has 0 saturated heterocycles. The molecular formula is C28H30N2O5. The SMILES string of the molecule is CCOc1ccc(NC(=O)CC(c2ccc(OCC)c(OC)c2)N2Cc3ccccc3C2=O)cc1. The van der Waals surface area contributed by atoms with E-state index in [-0.39, 0.29) is 18.2 Å². The van der Waals surface area contributed by atoms with Crippen LogP contribution in [-0.2, 0) is 11.3 Å². The van der Waals surface area contributed by atoms with Gasteiger partial charge in [-0.2, -0.15) is 0 Å². The molecule has 0 saturated carbocycles. The largest absolute Gasteiger partial charge is 0.494 e. The summed E-state index contributed by atoms with van der Waals surface area (Å²) in [6.45, 7) is 5.34. The highest BCUT2D eigenvalue weighted by atomic mass is 16.5. The van der Waals surface area contributed by atoms with Crippen molar-refractivity contribution in [1.82, 2.24) is 4.90 Å². The Morgan fingerprint density at radius 1 is 0.971 bits per heavy atom.